The smallest absolute Gasteiger partial charge is 0.410 e. The molecular formula is C15H18N2O4S. The summed E-state index contributed by atoms with van der Waals surface area (Å²) in [4.78, 5) is 40.0. The second-order valence-corrected chi connectivity index (χ2v) is 6.50. The molecule has 2 aliphatic rings. The molecule has 1 atom stereocenters. The van der Waals surface area contributed by atoms with Crippen LogP contribution >= 0.6 is 11.3 Å². The second kappa shape index (κ2) is 6.48. The molecule has 2 fully saturated rings. The summed E-state index contributed by atoms with van der Waals surface area (Å²) in [6.45, 7) is 1.93. The van der Waals surface area contributed by atoms with E-state index in [1.54, 1.807) is 4.90 Å². The van der Waals surface area contributed by atoms with Crippen LogP contribution in [0.2, 0.25) is 0 Å². The number of cyclic esters (lactones) is 1. The standard InChI is InChI=1S/C15H18N2O4S/c18-13(10-17-6-7-21-15(17)20)16-5-1-3-11(9-16)14(19)12-4-2-8-22-12/h2,4,8,11H,1,3,5-7,9-10H2/t11-/m0/s1. The molecule has 0 aliphatic carbocycles. The lowest BCUT2D eigenvalue weighted by Gasteiger charge is -2.32. The quantitative estimate of drug-likeness (QED) is 0.790. The Labute approximate surface area is 132 Å². The van der Waals surface area contributed by atoms with E-state index in [1.807, 2.05) is 17.5 Å². The predicted octanol–water partition coefficient (Wildman–Crippen LogP) is 1.62. The number of Topliss-reactive ketones (excluding diaryl/α,β-unsaturated/α-hetero) is 1. The summed E-state index contributed by atoms with van der Waals surface area (Å²) in [5.41, 5.74) is 0. The molecule has 2 saturated heterocycles. The van der Waals surface area contributed by atoms with Crippen LogP contribution in [0.5, 0.6) is 0 Å². The fourth-order valence-electron chi connectivity index (χ4n) is 2.87. The molecule has 0 unspecified atom stereocenters. The normalized spacial score (nSPS) is 21.8. The molecular weight excluding hydrogens is 304 g/mol. The van der Waals surface area contributed by atoms with E-state index in [4.69, 9.17) is 4.74 Å². The van der Waals surface area contributed by atoms with Crippen LogP contribution in [0, 0.1) is 5.92 Å². The molecule has 3 heterocycles. The molecule has 2 aliphatic heterocycles. The average Bonchev–Trinajstić information content (AvgIpc) is 3.19. The number of rotatable bonds is 4. The van der Waals surface area contributed by atoms with Crippen molar-refractivity contribution in [3.63, 3.8) is 0 Å². The van der Waals surface area contributed by atoms with Crippen molar-refractivity contribution in [2.45, 2.75) is 12.8 Å². The van der Waals surface area contributed by atoms with E-state index in [2.05, 4.69) is 0 Å². The topological polar surface area (TPSA) is 66.9 Å². The van der Waals surface area contributed by atoms with Crippen molar-refractivity contribution >= 4 is 29.1 Å². The summed E-state index contributed by atoms with van der Waals surface area (Å²) < 4.78 is 4.83. The summed E-state index contributed by atoms with van der Waals surface area (Å²) in [5.74, 6) is -0.127. The van der Waals surface area contributed by atoms with Gasteiger partial charge >= 0.3 is 6.09 Å². The maximum Gasteiger partial charge on any atom is 0.410 e. The summed E-state index contributed by atoms with van der Waals surface area (Å²) in [6, 6.07) is 3.69. The van der Waals surface area contributed by atoms with Crippen LogP contribution in [0.1, 0.15) is 22.5 Å². The molecule has 0 radical (unpaired) electrons. The van der Waals surface area contributed by atoms with Gasteiger partial charge in [-0.3, -0.25) is 14.5 Å². The number of nitrogens with zero attached hydrogens (tertiary/aromatic N) is 2. The van der Waals surface area contributed by atoms with Crippen LogP contribution in [0.4, 0.5) is 4.79 Å². The first kappa shape index (κ1) is 15.0. The summed E-state index contributed by atoms with van der Waals surface area (Å²) >= 11 is 1.44. The molecule has 7 heteroatoms. The maximum atomic E-state index is 12.4. The number of amides is 2. The lowest BCUT2D eigenvalue weighted by Crippen LogP contribution is -2.46. The van der Waals surface area contributed by atoms with Crippen molar-refractivity contribution in [1.29, 1.82) is 0 Å². The Hall–Kier alpha value is -1.89. The molecule has 2 amide bonds. The molecule has 6 nitrogen and oxygen atoms in total. The Balaban J connectivity index is 1.59. The minimum absolute atomic E-state index is 0.0404. The van der Waals surface area contributed by atoms with Crippen molar-refractivity contribution < 1.29 is 19.1 Å². The van der Waals surface area contributed by atoms with Crippen LogP contribution in [0.3, 0.4) is 0 Å². The number of ether oxygens (including phenoxy) is 1. The van der Waals surface area contributed by atoms with Gasteiger partial charge in [-0.1, -0.05) is 6.07 Å². The van der Waals surface area contributed by atoms with Crippen molar-refractivity contribution in [3.05, 3.63) is 22.4 Å². The molecule has 22 heavy (non-hydrogen) atoms. The van der Waals surface area contributed by atoms with Gasteiger partial charge in [-0.2, -0.15) is 0 Å². The zero-order valence-corrected chi connectivity index (χ0v) is 13.0. The van der Waals surface area contributed by atoms with Gasteiger partial charge in [0.05, 0.1) is 11.4 Å². The van der Waals surface area contributed by atoms with E-state index >= 15 is 0 Å². The molecule has 0 N–H and O–H groups in total. The predicted molar refractivity (Wildman–Crippen MR) is 80.9 cm³/mol. The van der Waals surface area contributed by atoms with Gasteiger partial charge in [0.25, 0.3) is 0 Å². The second-order valence-electron chi connectivity index (χ2n) is 5.56. The molecule has 1 aromatic rings. The highest BCUT2D eigenvalue weighted by Gasteiger charge is 2.32. The fraction of sp³-hybridized carbons (Fsp3) is 0.533. The van der Waals surface area contributed by atoms with Gasteiger partial charge in [-0.05, 0) is 24.3 Å². The van der Waals surface area contributed by atoms with E-state index in [-0.39, 0.29) is 24.2 Å². The van der Waals surface area contributed by atoms with Gasteiger partial charge in [-0.25, -0.2) is 4.79 Å². The summed E-state index contributed by atoms with van der Waals surface area (Å²) in [7, 11) is 0. The first-order valence-electron chi connectivity index (χ1n) is 7.42. The first-order valence-corrected chi connectivity index (χ1v) is 8.30. The van der Waals surface area contributed by atoms with Crippen molar-refractivity contribution in [2.24, 2.45) is 5.92 Å². The molecule has 0 bridgehead atoms. The Bertz CT molecular complexity index is 572. The highest BCUT2D eigenvalue weighted by Crippen LogP contribution is 2.23. The van der Waals surface area contributed by atoms with E-state index in [0.717, 1.165) is 17.7 Å². The van der Waals surface area contributed by atoms with Gasteiger partial charge < -0.3 is 9.64 Å². The van der Waals surface area contributed by atoms with Crippen molar-refractivity contribution in [1.82, 2.24) is 9.80 Å². The number of carbonyl (C=O) groups excluding carboxylic acids is 3. The van der Waals surface area contributed by atoms with Crippen LogP contribution in [-0.2, 0) is 9.53 Å². The third-order valence-electron chi connectivity index (χ3n) is 4.08. The van der Waals surface area contributed by atoms with Crippen LogP contribution in [-0.4, -0.2) is 60.4 Å². The monoisotopic (exact) mass is 322 g/mol. The van der Waals surface area contributed by atoms with Gasteiger partial charge in [-0.15, -0.1) is 11.3 Å². The van der Waals surface area contributed by atoms with E-state index in [1.165, 1.54) is 16.2 Å². The highest BCUT2D eigenvalue weighted by molar-refractivity contribution is 7.12. The van der Waals surface area contributed by atoms with Crippen LogP contribution < -0.4 is 0 Å². The van der Waals surface area contributed by atoms with Crippen LogP contribution in [0.25, 0.3) is 0 Å². The van der Waals surface area contributed by atoms with Crippen LogP contribution in [0.15, 0.2) is 17.5 Å². The molecule has 0 saturated carbocycles. The van der Waals surface area contributed by atoms with E-state index in [9.17, 15) is 14.4 Å². The molecule has 1 aromatic heterocycles. The fourth-order valence-corrected chi connectivity index (χ4v) is 3.61. The molecule has 118 valence electrons. The number of likely N-dealkylation sites (tertiary alicyclic amines) is 1. The van der Waals surface area contributed by atoms with Gasteiger partial charge in [0.15, 0.2) is 5.78 Å². The highest BCUT2D eigenvalue weighted by atomic mass is 32.1. The van der Waals surface area contributed by atoms with Gasteiger partial charge in [0.2, 0.25) is 5.91 Å². The molecule has 0 spiro atoms. The number of thiophene rings is 1. The minimum atomic E-state index is -0.434. The van der Waals surface area contributed by atoms with Gasteiger partial charge in [0.1, 0.15) is 13.2 Å². The van der Waals surface area contributed by atoms with Crippen molar-refractivity contribution in [2.75, 3.05) is 32.8 Å². The number of hydrogen-bond donors (Lipinski definition) is 0. The number of piperidine rings is 1. The van der Waals surface area contributed by atoms with E-state index in [0.29, 0.717) is 26.2 Å². The Morgan fingerprint density at radius 2 is 2.23 bits per heavy atom. The first-order chi connectivity index (χ1) is 10.6. The van der Waals surface area contributed by atoms with Crippen molar-refractivity contribution in [3.8, 4) is 0 Å². The minimum Gasteiger partial charge on any atom is -0.448 e. The van der Waals surface area contributed by atoms with Gasteiger partial charge in [0, 0.05) is 19.0 Å². The lowest BCUT2D eigenvalue weighted by molar-refractivity contribution is -0.133. The van der Waals surface area contributed by atoms with E-state index < -0.39 is 6.09 Å². The zero-order valence-electron chi connectivity index (χ0n) is 12.2. The average molecular weight is 322 g/mol. The third-order valence-corrected chi connectivity index (χ3v) is 4.96. The maximum absolute atomic E-state index is 12.4. The largest absolute Gasteiger partial charge is 0.448 e. The Morgan fingerprint density at radius 3 is 2.91 bits per heavy atom. The number of ketones is 1. The Kier molecular flexibility index (Phi) is 4.42. The molecule has 0 aromatic carbocycles. The Morgan fingerprint density at radius 1 is 1.36 bits per heavy atom. The lowest BCUT2D eigenvalue weighted by atomic mass is 9.93. The SMILES string of the molecule is O=C(c1cccs1)[C@H]1CCCN(C(=O)CN2CCOC2=O)C1. The summed E-state index contributed by atoms with van der Waals surface area (Å²) in [6.07, 6.45) is 1.20. The third kappa shape index (κ3) is 3.14. The molecule has 3 rings (SSSR count). The summed E-state index contributed by atoms with van der Waals surface area (Å²) in [5, 5.41) is 1.89. The number of hydrogen-bond acceptors (Lipinski definition) is 5. The number of carbonyl (C=O) groups is 3. The zero-order chi connectivity index (χ0) is 15.5.